The summed E-state index contributed by atoms with van der Waals surface area (Å²) >= 11 is 10.7. The van der Waals surface area contributed by atoms with Crippen molar-refractivity contribution < 1.29 is 0 Å². The summed E-state index contributed by atoms with van der Waals surface area (Å²) in [7, 11) is 0. The molecule has 1 atom stereocenters. The van der Waals surface area contributed by atoms with Gasteiger partial charge in [0.1, 0.15) is 3.53 Å². The molecule has 0 aromatic rings. The molecule has 0 aliphatic rings. The molecule has 0 aromatic carbocycles. The third kappa shape index (κ3) is 11.5. The molecule has 0 saturated carbocycles. The van der Waals surface area contributed by atoms with Crippen molar-refractivity contribution >= 4 is 40.1 Å². The van der Waals surface area contributed by atoms with Crippen molar-refractivity contribution in [2.75, 3.05) is 5.75 Å². The molecule has 0 spiro atoms. The van der Waals surface area contributed by atoms with Crippen LogP contribution < -0.4 is 0 Å². The van der Waals surface area contributed by atoms with Crippen molar-refractivity contribution in [1.82, 2.24) is 0 Å². The Balaban J connectivity index is 3.96. The number of thioether (sulfide) groups is 1. The summed E-state index contributed by atoms with van der Waals surface area (Å²) in [6, 6.07) is 2.58. The molecule has 122 valence electrons. The molecule has 0 fully saturated rings. The number of nitriles is 1. The van der Waals surface area contributed by atoms with E-state index in [1.165, 1.54) is 51.4 Å². The van der Waals surface area contributed by atoms with Gasteiger partial charge in [-0.1, -0.05) is 83.9 Å². The number of thiocarbonyl (C=S) groups is 1. The van der Waals surface area contributed by atoms with Crippen LogP contribution in [0.15, 0.2) is 0 Å². The van der Waals surface area contributed by atoms with E-state index < -0.39 is 0 Å². The number of rotatable bonds is 13. The number of nitrogens with zero attached hydrogens (tertiary/aromatic N) is 1. The fourth-order valence-corrected chi connectivity index (χ4v) is 3.81. The largest absolute Gasteiger partial charge is 0.198 e. The zero-order valence-corrected chi connectivity index (χ0v) is 16.2. The molecule has 0 heterocycles. The van der Waals surface area contributed by atoms with Crippen LogP contribution >= 0.6 is 36.6 Å². The highest BCUT2D eigenvalue weighted by molar-refractivity contribution is 8.41. The number of unbranched alkanes of at least 4 members (excludes halogenated alkanes) is 7. The monoisotopic (exact) mass is 345 g/mol. The maximum Gasteiger partial charge on any atom is 0.101 e. The molecule has 0 N–H and O–H groups in total. The number of thiol groups is 1. The second kappa shape index (κ2) is 13.9. The van der Waals surface area contributed by atoms with Gasteiger partial charge in [-0.05, 0) is 12.8 Å². The molecule has 0 bridgehead atoms. The Morgan fingerprint density at radius 1 is 1.00 bits per heavy atom. The number of hydrogen-bond donors (Lipinski definition) is 1. The van der Waals surface area contributed by atoms with E-state index in [4.69, 9.17) is 12.2 Å². The maximum atomic E-state index is 9.59. The topological polar surface area (TPSA) is 23.8 Å². The third-order valence-corrected chi connectivity index (χ3v) is 5.63. The molecule has 0 rings (SSSR count). The van der Waals surface area contributed by atoms with Crippen molar-refractivity contribution in [3.05, 3.63) is 0 Å². The molecule has 0 amide bonds. The van der Waals surface area contributed by atoms with Crippen LogP contribution in [0.1, 0.15) is 84.5 Å². The Hall–Kier alpha value is 0.280. The van der Waals surface area contributed by atoms with E-state index >= 15 is 0 Å². The van der Waals surface area contributed by atoms with E-state index in [-0.39, 0.29) is 5.41 Å². The smallest absolute Gasteiger partial charge is 0.101 e. The van der Waals surface area contributed by atoms with Crippen LogP contribution in [0, 0.1) is 16.7 Å². The maximum absolute atomic E-state index is 9.59. The average Bonchev–Trinajstić information content (AvgIpc) is 2.47. The van der Waals surface area contributed by atoms with E-state index in [1.54, 1.807) is 11.8 Å². The predicted molar refractivity (Wildman–Crippen MR) is 104 cm³/mol. The quantitative estimate of drug-likeness (QED) is 0.226. The summed E-state index contributed by atoms with van der Waals surface area (Å²) in [4.78, 5) is 0. The average molecular weight is 346 g/mol. The molecule has 0 saturated heterocycles. The van der Waals surface area contributed by atoms with Crippen LogP contribution in [0.3, 0.4) is 0 Å². The minimum atomic E-state index is -0.200. The molecule has 0 aliphatic carbocycles. The third-order valence-electron chi connectivity index (χ3n) is 3.95. The first kappa shape index (κ1) is 21.3. The van der Waals surface area contributed by atoms with Gasteiger partial charge in [0.2, 0.25) is 0 Å². The lowest BCUT2D eigenvalue weighted by Gasteiger charge is -2.25. The van der Waals surface area contributed by atoms with Crippen LogP contribution in [-0.2, 0) is 0 Å². The van der Waals surface area contributed by atoms with Gasteiger partial charge in [0.15, 0.2) is 0 Å². The Kier molecular flexibility index (Phi) is 14.1. The second-order valence-electron chi connectivity index (χ2n) is 5.92. The lowest BCUT2D eigenvalue weighted by molar-refractivity contribution is 0.358. The molecule has 1 unspecified atom stereocenters. The lowest BCUT2D eigenvalue weighted by atomic mass is 9.82. The van der Waals surface area contributed by atoms with Crippen LogP contribution in [-0.4, -0.2) is 9.28 Å². The Morgan fingerprint density at radius 3 is 2.05 bits per heavy atom. The SMILES string of the molecule is CCCCCCCCCCC(C#N)(CCC)CSC(=S)S. The number of hydrogen-bond acceptors (Lipinski definition) is 3. The Labute approximate surface area is 147 Å². The highest BCUT2D eigenvalue weighted by Crippen LogP contribution is 2.34. The summed E-state index contributed by atoms with van der Waals surface area (Å²) in [6.45, 7) is 4.41. The fraction of sp³-hybridized carbons (Fsp3) is 0.882. The zero-order valence-electron chi connectivity index (χ0n) is 13.7. The van der Waals surface area contributed by atoms with Gasteiger partial charge in [-0.3, -0.25) is 0 Å². The van der Waals surface area contributed by atoms with E-state index in [0.717, 1.165) is 25.0 Å². The first-order valence-electron chi connectivity index (χ1n) is 8.37. The van der Waals surface area contributed by atoms with Gasteiger partial charge in [-0.2, -0.15) is 5.26 Å². The van der Waals surface area contributed by atoms with Crippen molar-refractivity contribution in [1.29, 1.82) is 5.26 Å². The highest BCUT2D eigenvalue weighted by Gasteiger charge is 2.28. The standard InChI is InChI=1S/C17H31NS3/c1-3-5-6-7-8-9-10-11-13-17(14-18,12-4-2)15-21-16(19)20/h3-13,15H2,1-2H3,(H,19,20). The van der Waals surface area contributed by atoms with Crippen molar-refractivity contribution in [2.45, 2.75) is 84.5 Å². The second-order valence-corrected chi connectivity index (χ2v) is 8.63. The molecule has 0 aromatic heterocycles. The zero-order chi connectivity index (χ0) is 16.0. The minimum Gasteiger partial charge on any atom is -0.198 e. The summed E-state index contributed by atoms with van der Waals surface area (Å²) in [5.74, 6) is 0.802. The first-order chi connectivity index (χ1) is 10.1. The Morgan fingerprint density at radius 2 is 1.57 bits per heavy atom. The van der Waals surface area contributed by atoms with Crippen LogP contribution in [0.4, 0.5) is 0 Å². The van der Waals surface area contributed by atoms with E-state index in [0.29, 0.717) is 3.53 Å². The molecule has 0 aliphatic heterocycles. The van der Waals surface area contributed by atoms with Gasteiger partial charge in [-0.25, -0.2) is 0 Å². The summed E-state index contributed by atoms with van der Waals surface area (Å²) in [6.07, 6.45) is 13.6. The van der Waals surface area contributed by atoms with Crippen LogP contribution in [0.5, 0.6) is 0 Å². The van der Waals surface area contributed by atoms with Crippen LogP contribution in [0.2, 0.25) is 0 Å². The Bertz CT molecular complexity index is 312. The van der Waals surface area contributed by atoms with Crippen molar-refractivity contribution in [3.8, 4) is 6.07 Å². The molecule has 4 heteroatoms. The summed E-state index contributed by atoms with van der Waals surface area (Å²) in [5, 5.41) is 9.59. The van der Waals surface area contributed by atoms with E-state index in [9.17, 15) is 5.26 Å². The van der Waals surface area contributed by atoms with E-state index in [2.05, 4.69) is 32.5 Å². The van der Waals surface area contributed by atoms with Gasteiger partial charge < -0.3 is 0 Å². The first-order valence-corrected chi connectivity index (χ1v) is 10.2. The molecule has 21 heavy (non-hydrogen) atoms. The van der Waals surface area contributed by atoms with Crippen LogP contribution in [0.25, 0.3) is 0 Å². The normalized spacial score (nSPS) is 13.6. The minimum absolute atomic E-state index is 0.200. The summed E-state index contributed by atoms with van der Waals surface area (Å²) < 4.78 is 0.654. The van der Waals surface area contributed by atoms with Gasteiger partial charge in [0.25, 0.3) is 0 Å². The van der Waals surface area contributed by atoms with Crippen molar-refractivity contribution in [2.24, 2.45) is 5.41 Å². The molecular formula is C17H31NS3. The molecule has 1 nitrogen and oxygen atoms in total. The van der Waals surface area contributed by atoms with Crippen molar-refractivity contribution in [3.63, 3.8) is 0 Å². The van der Waals surface area contributed by atoms with E-state index in [1.807, 2.05) is 0 Å². The molecule has 0 radical (unpaired) electrons. The fourth-order valence-electron chi connectivity index (χ4n) is 2.69. The van der Waals surface area contributed by atoms with Gasteiger partial charge in [0, 0.05) is 5.75 Å². The predicted octanol–water partition coefficient (Wildman–Crippen LogP) is 6.78. The summed E-state index contributed by atoms with van der Waals surface area (Å²) in [5.41, 5.74) is -0.200. The van der Waals surface area contributed by atoms with Gasteiger partial charge in [0.05, 0.1) is 11.5 Å². The molecular weight excluding hydrogens is 314 g/mol. The van der Waals surface area contributed by atoms with Gasteiger partial charge >= 0.3 is 0 Å². The lowest BCUT2D eigenvalue weighted by Crippen LogP contribution is -2.22. The highest BCUT2D eigenvalue weighted by atomic mass is 32.2. The van der Waals surface area contributed by atoms with Gasteiger partial charge in [-0.15, -0.1) is 24.4 Å².